The zero-order chi connectivity index (χ0) is 10.9. The van der Waals surface area contributed by atoms with Crippen molar-refractivity contribution < 1.29 is 0 Å². The van der Waals surface area contributed by atoms with Crippen LogP contribution in [0.2, 0.25) is 0 Å². The third kappa shape index (κ3) is 2.44. The average molecular weight is 239 g/mol. The van der Waals surface area contributed by atoms with Gasteiger partial charge in [-0.25, -0.2) is 4.98 Å². The van der Waals surface area contributed by atoms with Crippen LogP contribution in [0.15, 0.2) is 4.21 Å². The van der Waals surface area contributed by atoms with Crippen molar-refractivity contribution >= 4 is 28.2 Å². The molecule has 0 amide bonds. The number of nitrogen functional groups attached to an aromatic ring is 1. The summed E-state index contributed by atoms with van der Waals surface area (Å²) in [6.45, 7) is 1.99. The highest BCUT2D eigenvalue weighted by atomic mass is 32.2. The molecule has 0 saturated heterocycles. The Labute approximate surface area is 97.7 Å². The van der Waals surface area contributed by atoms with Crippen LogP contribution in [0.1, 0.15) is 25.0 Å². The average Bonchev–Trinajstić information content (AvgIpc) is 2.86. The van der Waals surface area contributed by atoms with Crippen molar-refractivity contribution in [1.82, 2.24) is 4.98 Å². The highest BCUT2D eigenvalue weighted by Crippen LogP contribution is 2.52. The van der Waals surface area contributed by atoms with Gasteiger partial charge in [0.2, 0.25) is 0 Å². The van der Waals surface area contributed by atoms with Gasteiger partial charge in [-0.3, -0.25) is 0 Å². The van der Waals surface area contributed by atoms with Gasteiger partial charge >= 0.3 is 0 Å². The summed E-state index contributed by atoms with van der Waals surface area (Å²) in [5.41, 5.74) is 6.95. The van der Waals surface area contributed by atoms with Crippen molar-refractivity contribution in [3.05, 3.63) is 5.69 Å². The Bertz CT molecular complexity index is 401. The minimum Gasteiger partial charge on any atom is -0.375 e. The molecule has 1 aromatic heterocycles. The van der Waals surface area contributed by atoms with Gasteiger partial charge in [-0.15, -0.1) is 11.8 Å². The van der Waals surface area contributed by atoms with Crippen LogP contribution >= 0.6 is 23.1 Å². The van der Waals surface area contributed by atoms with E-state index in [0.29, 0.717) is 17.0 Å². The first-order valence-corrected chi connectivity index (χ1v) is 6.68. The molecule has 5 heteroatoms. The molecule has 0 spiro atoms. The molecule has 0 unspecified atom stereocenters. The number of thiazole rings is 1. The smallest absolute Gasteiger partial charge is 0.181 e. The second-order valence-electron chi connectivity index (χ2n) is 4.05. The van der Waals surface area contributed by atoms with Crippen molar-refractivity contribution in [3.8, 4) is 6.07 Å². The summed E-state index contributed by atoms with van der Waals surface area (Å²) in [6, 6.07) is 2.28. The molecule has 0 bridgehead atoms. The van der Waals surface area contributed by atoms with Crippen molar-refractivity contribution in [2.24, 2.45) is 5.41 Å². The number of nitrogens with two attached hydrogens (primary N) is 1. The number of thioether (sulfide) groups is 1. The van der Waals surface area contributed by atoms with Gasteiger partial charge in [0.15, 0.2) is 5.13 Å². The maximum Gasteiger partial charge on any atom is 0.181 e. The Morgan fingerprint density at radius 3 is 2.87 bits per heavy atom. The molecule has 1 aliphatic rings. The Morgan fingerprint density at radius 1 is 1.67 bits per heavy atom. The number of hydrogen-bond acceptors (Lipinski definition) is 5. The van der Waals surface area contributed by atoms with E-state index in [1.54, 1.807) is 23.1 Å². The normalized spacial score (nSPS) is 17.3. The maximum absolute atomic E-state index is 8.71. The third-order valence-electron chi connectivity index (χ3n) is 2.69. The molecule has 0 radical (unpaired) electrons. The molecule has 2 N–H and O–H groups in total. The molecule has 3 nitrogen and oxygen atoms in total. The number of nitrogens with zero attached hydrogens (tertiary/aromatic N) is 2. The zero-order valence-corrected chi connectivity index (χ0v) is 10.2. The number of rotatable bonds is 4. The fraction of sp³-hybridized carbons (Fsp3) is 0.600. The quantitative estimate of drug-likeness (QED) is 0.821. The van der Waals surface area contributed by atoms with E-state index >= 15 is 0 Å². The first-order chi connectivity index (χ1) is 7.15. The van der Waals surface area contributed by atoms with Gasteiger partial charge in [-0.2, -0.15) is 5.26 Å². The molecule has 2 rings (SSSR count). The lowest BCUT2D eigenvalue weighted by Gasteiger charge is -2.08. The van der Waals surface area contributed by atoms with Gasteiger partial charge in [-0.05, 0) is 25.2 Å². The van der Waals surface area contributed by atoms with Crippen LogP contribution in [-0.2, 0) is 0 Å². The molecular formula is C10H13N3S2. The lowest BCUT2D eigenvalue weighted by atomic mass is 10.1. The van der Waals surface area contributed by atoms with Crippen molar-refractivity contribution in [3.63, 3.8) is 0 Å². The molecule has 1 heterocycles. The highest BCUT2D eigenvalue weighted by Gasteiger charge is 2.42. The van der Waals surface area contributed by atoms with Gasteiger partial charge in [0.25, 0.3) is 0 Å². The molecule has 1 aliphatic carbocycles. The highest BCUT2D eigenvalue weighted by molar-refractivity contribution is 8.01. The molecule has 15 heavy (non-hydrogen) atoms. The number of hydrogen-bond donors (Lipinski definition) is 1. The summed E-state index contributed by atoms with van der Waals surface area (Å²) in [4.78, 5) is 4.19. The molecule has 0 atom stereocenters. The topological polar surface area (TPSA) is 62.7 Å². The minimum atomic E-state index is 0.296. The largest absolute Gasteiger partial charge is 0.375 e. The molecule has 0 aromatic carbocycles. The summed E-state index contributed by atoms with van der Waals surface area (Å²) in [7, 11) is 0. The van der Waals surface area contributed by atoms with Crippen molar-refractivity contribution in [1.29, 1.82) is 5.26 Å². The first kappa shape index (κ1) is 10.8. The molecule has 1 saturated carbocycles. The number of aromatic nitrogens is 1. The lowest BCUT2D eigenvalue weighted by molar-refractivity contribution is 0.604. The third-order valence-corrected chi connectivity index (χ3v) is 5.39. The van der Waals surface area contributed by atoms with Crippen LogP contribution in [0.4, 0.5) is 5.13 Å². The lowest BCUT2D eigenvalue weighted by Crippen LogP contribution is -2.02. The second kappa shape index (κ2) is 4.03. The Hall–Kier alpha value is -0.730. The van der Waals surface area contributed by atoms with E-state index in [4.69, 9.17) is 11.0 Å². The number of nitriles is 1. The molecule has 0 aliphatic heterocycles. The van der Waals surface area contributed by atoms with E-state index in [2.05, 4.69) is 11.1 Å². The predicted molar refractivity (Wildman–Crippen MR) is 63.9 cm³/mol. The van der Waals surface area contributed by atoms with Gasteiger partial charge in [-0.1, -0.05) is 11.3 Å². The molecule has 1 aromatic rings. The van der Waals surface area contributed by atoms with Gasteiger partial charge in [0, 0.05) is 12.2 Å². The monoisotopic (exact) mass is 239 g/mol. The van der Waals surface area contributed by atoms with E-state index in [0.717, 1.165) is 11.4 Å². The van der Waals surface area contributed by atoms with Crippen LogP contribution in [0.5, 0.6) is 0 Å². The summed E-state index contributed by atoms with van der Waals surface area (Å²) in [5.74, 6) is 1.03. The van der Waals surface area contributed by atoms with E-state index in [1.165, 1.54) is 17.1 Å². The predicted octanol–water partition coefficient (Wildman–Crippen LogP) is 2.82. The number of aryl methyl sites for hydroxylation is 1. The summed E-state index contributed by atoms with van der Waals surface area (Å²) in [6.07, 6.45) is 3.08. The fourth-order valence-electron chi connectivity index (χ4n) is 1.47. The standard InChI is InChI=1S/C10H13N3S2/c1-7-8(15-9(12)13-7)14-6-10(2-3-10)4-5-11/h2-4,6H2,1H3,(H2,12,13). The van der Waals surface area contributed by atoms with Crippen LogP contribution in [0, 0.1) is 23.7 Å². The molecular weight excluding hydrogens is 226 g/mol. The van der Waals surface area contributed by atoms with E-state index in [9.17, 15) is 0 Å². The van der Waals surface area contributed by atoms with Crippen LogP contribution in [-0.4, -0.2) is 10.7 Å². The van der Waals surface area contributed by atoms with Crippen molar-refractivity contribution in [2.45, 2.75) is 30.4 Å². The minimum absolute atomic E-state index is 0.296. The second-order valence-corrected chi connectivity index (χ2v) is 6.32. The van der Waals surface area contributed by atoms with Crippen LogP contribution in [0.25, 0.3) is 0 Å². The molecule has 80 valence electrons. The van der Waals surface area contributed by atoms with Crippen LogP contribution in [0.3, 0.4) is 0 Å². The van der Waals surface area contributed by atoms with Gasteiger partial charge in [0.05, 0.1) is 16.0 Å². The summed E-state index contributed by atoms with van der Waals surface area (Å²) < 4.78 is 1.21. The fourth-order valence-corrected chi connectivity index (χ4v) is 3.79. The summed E-state index contributed by atoms with van der Waals surface area (Å²) >= 11 is 3.35. The van der Waals surface area contributed by atoms with Crippen LogP contribution < -0.4 is 5.73 Å². The van der Waals surface area contributed by atoms with Gasteiger partial charge < -0.3 is 5.73 Å². The van der Waals surface area contributed by atoms with Gasteiger partial charge in [0.1, 0.15) is 0 Å². The van der Waals surface area contributed by atoms with Crippen molar-refractivity contribution in [2.75, 3.05) is 11.5 Å². The molecule has 1 fully saturated rings. The Morgan fingerprint density at radius 2 is 2.40 bits per heavy atom. The first-order valence-electron chi connectivity index (χ1n) is 4.88. The number of anilines is 1. The maximum atomic E-state index is 8.71. The SMILES string of the molecule is Cc1nc(N)sc1SCC1(CC#N)CC1. The Balaban J connectivity index is 1.94. The summed E-state index contributed by atoms with van der Waals surface area (Å²) in [5, 5.41) is 9.35. The van der Waals surface area contributed by atoms with E-state index in [1.807, 2.05) is 6.92 Å². The zero-order valence-electron chi connectivity index (χ0n) is 8.62. The van der Waals surface area contributed by atoms with E-state index < -0.39 is 0 Å². The Kier molecular flexibility index (Phi) is 2.89. The van der Waals surface area contributed by atoms with E-state index in [-0.39, 0.29) is 0 Å².